The minimum absolute atomic E-state index is 0.138. The van der Waals surface area contributed by atoms with Crippen molar-refractivity contribution < 1.29 is 14.4 Å². The summed E-state index contributed by atoms with van der Waals surface area (Å²) in [5.74, 6) is -2.50. The van der Waals surface area contributed by atoms with Crippen molar-refractivity contribution >= 4 is 40.8 Å². The van der Waals surface area contributed by atoms with Gasteiger partial charge in [0.1, 0.15) is 5.92 Å². The van der Waals surface area contributed by atoms with E-state index in [0.717, 1.165) is 5.56 Å². The zero-order valence-corrected chi connectivity index (χ0v) is 16.3. The van der Waals surface area contributed by atoms with E-state index in [2.05, 4.69) is 0 Å². The van der Waals surface area contributed by atoms with Crippen molar-refractivity contribution in [2.45, 2.75) is 27.3 Å². The summed E-state index contributed by atoms with van der Waals surface area (Å²) in [6.45, 7) is 6.81. The van der Waals surface area contributed by atoms with Crippen LogP contribution in [0.5, 0.6) is 0 Å². The predicted octanol–water partition coefficient (Wildman–Crippen LogP) is 3.03. The van der Waals surface area contributed by atoms with E-state index in [0.29, 0.717) is 16.6 Å². The van der Waals surface area contributed by atoms with Gasteiger partial charge in [0.2, 0.25) is 11.7 Å². The van der Waals surface area contributed by atoms with Gasteiger partial charge in [-0.05, 0) is 23.1 Å². The van der Waals surface area contributed by atoms with E-state index in [9.17, 15) is 14.4 Å². The molecule has 1 aliphatic rings. The lowest BCUT2D eigenvalue weighted by atomic mass is 9.96. The first-order chi connectivity index (χ1) is 11.5. The average molecular weight is 385 g/mol. The first kappa shape index (κ1) is 19.7. The van der Waals surface area contributed by atoms with Crippen molar-refractivity contribution in [2.75, 3.05) is 20.1 Å². The molecule has 0 N–H and O–H groups in total. The lowest BCUT2D eigenvalue weighted by Gasteiger charge is -2.26. The number of carbonyl (C=O) groups is 3. The summed E-state index contributed by atoms with van der Waals surface area (Å²) in [6.07, 6.45) is 0. The van der Waals surface area contributed by atoms with Gasteiger partial charge in [-0.1, -0.05) is 50.0 Å². The molecule has 0 bridgehead atoms. The molecule has 0 spiro atoms. The summed E-state index contributed by atoms with van der Waals surface area (Å²) in [5, 5.41) is 0.845. The third kappa shape index (κ3) is 4.73. The number of benzene rings is 1. The number of halogens is 2. The number of rotatable bonds is 4. The number of carbonyl (C=O) groups excluding carboxylic acids is 3. The second-order valence-corrected chi connectivity index (χ2v) is 8.42. The zero-order chi connectivity index (χ0) is 18.9. The molecule has 5 nitrogen and oxygen atoms in total. The molecule has 0 aromatic heterocycles. The average Bonchev–Trinajstić information content (AvgIpc) is 2.77. The molecule has 25 heavy (non-hydrogen) atoms. The highest BCUT2D eigenvalue weighted by atomic mass is 35.5. The lowest BCUT2D eigenvalue weighted by molar-refractivity contribution is -0.144. The van der Waals surface area contributed by atoms with Gasteiger partial charge in [-0.3, -0.25) is 14.4 Å². The number of Topliss-reactive ketones (excluding diaryl/α,β-unsaturated/α-hetero) is 1. The third-order valence-corrected chi connectivity index (χ3v) is 4.70. The number of hydrogen-bond donors (Lipinski definition) is 0. The van der Waals surface area contributed by atoms with Crippen molar-refractivity contribution in [1.29, 1.82) is 0 Å². The van der Waals surface area contributed by atoms with Gasteiger partial charge in [0.05, 0.1) is 10.0 Å². The van der Waals surface area contributed by atoms with Gasteiger partial charge in [0.25, 0.3) is 5.91 Å². The lowest BCUT2D eigenvalue weighted by Crippen LogP contribution is -2.37. The Morgan fingerprint density at radius 3 is 2.44 bits per heavy atom. The Kier molecular flexibility index (Phi) is 5.79. The molecular weight excluding hydrogens is 363 g/mol. The fourth-order valence-electron chi connectivity index (χ4n) is 2.85. The molecule has 0 saturated carbocycles. The van der Waals surface area contributed by atoms with Gasteiger partial charge in [-0.15, -0.1) is 0 Å². The Balaban J connectivity index is 2.07. The molecule has 2 rings (SSSR count). The van der Waals surface area contributed by atoms with Crippen molar-refractivity contribution in [3.8, 4) is 0 Å². The number of likely N-dealkylation sites (tertiary alicyclic amines) is 1. The second-order valence-electron chi connectivity index (χ2n) is 7.61. The molecule has 0 radical (unpaired) electrons. The summed E-state index contributed by atoms with van der Waals surface area (Å²) in [5.41, 5.74) is 0.661. The summed E-state index contributed by atoms with van der Waals surface area (Å²) < 4.78 is 0. The van der Waals surface area contributed by atoms with Crippen LogP contribution in [0, 0.1) is 11.3 Å². The molecule has 1 aromatic carbocycles. The number of amides is 2. The number of nitrogens with zero attached hydrogens (tertiary/aromatic N) is 2. The Hall–Kier alpha value is -1.59. The molecule has 1 saturated heterocycles. The van der Waals surface area contributed by atoms with Crippen LogP contribution in [0.15, 0.2) is 18.2 Å². The van der Waals surface area contributed by atoms with E-state index >= 15 is 0 Å². The van der Waals surface area contributed by atoms with Crippen LogP contribution in [0.1, 0.15) is 26.3 Å². The third-order valence-electron chi connectivity index (χ3n) is 3.96. The largest absolute Gasteiger partial charge is 0.341 e. The van der Waals surface area contributed by atoms with Crippen LogP contribution in [0.25, 0.3) is 0 Å². The molecule has 1 atom stereocenters. The van der Waals surface area contributed by atoms with Gasteiger partial charge < -0.3 is 9.80 Å². The molecule has 1 aromatic rings. The molecule has 1 heterocycles. The maximum absolute atomic E-state index is 12.6. The fraction of sp³-hybridized carbons (Fsp3) is 0.500. The second kappa shape index (κ2) is 7.34. The van der Waals surface area contributed by atoms with Gasteiger partial charge in [0, 0.05) is 26.7 Å². The van der Waals surface area contributed by atoms with E-state index in [1.54, 1.807) is 25.2 Å². The van der Waals surface area contributed by atoms with Gasteiger partial charge >= 0.3 is 0 Å². The highest BCUT2D eigenvalue weighted by molar-refractivity contribution is 6.42. The summed E-state index contributed by atoms with van der Waals surface area (Å²) in [6, 6.07) is 5.11. The van der Waals surface area contributed by atoms with Crippen LogP contribution < -0.4 is 0 Å². The fourth-order valence-corrected chi connectivity index (χ4v) is 3.17. The highest BCUT2D eigenvalue weighted by Gasteiger charge is 2.44. The van der Waals surface area contributed by atoms with E-state index in [1.807, 2.05) is 20.8 Å². The summed E-state index contributed by atoms with van der Waals surface area (Å²) >= 11 is 11.9. The summed E-state index contributed by atoms with van der Waals surface area (Å²) in [7, 11) is 1.61. The standard InChI is InChI=1S/C18H22Cl2N2O3/c1-18(2,3)10-22-9-12(15(23)17(22)25)16(24)21(4)8-11-5-6-13(19)14(20)7-11/h5-7,12H,8-10H2,1-4H3. The van der Waals surface area contributed by atoms with E-state index in [4.69, 9.17) is 23.2 Å². The summed E-state index contributed by atoms with van der Waals surface area (Å²) in [4.78, 5) is 39.9. The smallest absolute Gasteiger partial charge is 0.290 e. The SMILES string of the molecule is CN(Cc1ccc(Cl)c(Cl)c1)C(=O)C1CN(CC(C)(C)C)C(=O)C1=O. The van der Waals surface area contributed by atoms with Crippen molar-refractivity contribution in [2.24, 2.45) is 11.3 Å². The van der Waals surface area contributed by atoms with Gasteiger partial charge in [-0.25, -0.2) is 0 Å². The molecular formula is C18H22Cl2N2O3. The minimum atomic E-state index is -0.942. The number of hydrogen-bond acceptors (Lipinski definition) is 3. The number of ketones is 1. The van der Waals surface area contributed by atoms with Crippen LogP contribution in [0.3, 0.4) is 0 Å². The first-order valence-electron chi connectivity index (χ1n) is 8.01. The van der Waals surface area contributed by atoms with Gasteiger partial charge in [0.15, 0.2) is 0 Å². The predicted molar refractivity (Wildman–Crippen MR) is 97.5 cm³/mol. The molecule has 1 unspecified atom stereocenters. The van der Waals surface area contributed by atoms with Crippen molar-refractivity contribution in [3.05, 3.63) is 33.8 Å². The van der Waals surface area contributed by atoms with Crippen LogP contribution in [-0.2, 0) is 20.9 Å². The Bertz CT molecular complexity index is 713. The Morgan fingerprint density at radius 1 is 1.24 bits per heavy atom. The van der Waals surface area contributed by atoms with Crippen LogP contribution >= 0.6 is 23.2 Å². The molecule has 1 aliphatic heterocycles. The zero-order valence-electron chi connectivity index (χ0n) is 14.8. The van der Waals surface area contributed by atoms with Crippen molar-refractivity contribution in [1.82, 2.24) is 9.80 Å². The molecule has 136 valence electrons. The molecule has 0 aliphatic carbocycles. The van der Waals surface area contributed by atoms with E-state index in [-0.39, 0.29) is 24.4 Å². The maximum atomic E-state index is 12.6. The molecule has 2 amide bonds. The first-order valence-corrected chi connectivity index (χ1v) is 8.77. The Morgan fingerprint density at radius 2 is 1.88 bits per heavy atom. The Labute approximate surface area is 157 Å². The van der Waals surface area contributed by atoms with Crippen LogP contribution in [0.2, 0.25) is 10.0 Å². The monoisotopic (exact) mass is 384 g/mol. The maximum Gasteiger partial charge on any atom is 0.290 e. The quantitative estimate of drug-likeness (QED) is 0.592. The van der Waals surface area contributed by atoms with Crippen LogP contribution in [-0.4, -0.2) is 47.5 Å². The van der Waals surface area contributed by atoms with Crippen LogP contribution in [0.4, 0.5) is 0 Å². The van der Waals surface area contributed by atoms with E-state index in [1.165, 1.54) is 9.80 Å². The molecule has 1 fully saturated rings. The topological polar surface area (TPSA) is 57.7 Å². The highest BCUT2D eigenvalue weighted by Crippen LogP contribution is 2.25. The normalized spacial score (nSPS) is 18.0. The van der Waals surface area contributed by atoms with Crippen molar-refractivity contribution in [3.63, 3.8) is 0 Å². The van der Waals surface area contributed by atoms with Gasteiger partial charge in [-0.2, -0.15) is 0 Å². The van der Waals surface area contributed by atoms with E-state index < -0.39 is 17.6 Å². The molecule has 7 heteroatoms. The minimum Gasteiger partial charge on any atom is -0.341 e.